The lowest BCUT2D eigenvalue weighted by Crippen LogP contribution is -2.08. The van der Waals surface area contributed by atoms with E-state index in [0.29, 0.717) is 5.76 Å². The van der Waals surface area contributed by atoms with Crippen LogP contribution in [0.15, 0.2) is 33.3 Å². The molecule has 0 aliphatic carbocycles. The summed E-state index contributed by atoms with van der Waals surface area (Å²) in [7, 11) is 1.64. The number of aromatic nitrogens is 1. The van der Waals surface area contributed by atoms with E-state index in [4.69, 9.17) is 15.0 Å². The van der Waals surface area contributed by atoms with Crippen LogP contribution in [0.3, 0.4) is 0 Å². The summed E-state index contributed by atoms with van der Waals surface area (Å²) in [5, 5.41) is 4.09. The topological polar surface area (TPSA) is 61.3 Å². The molecule has 1 heterocycles. The van der Waals surface area contributed by atoms with Crippen LogP contribution in [-0.4, -0.2) is 12.3 Å². The molecule has 2 N–H and O–H groups in total. The molecule has 2 rings (SSSR count). The summed E-state index contributed by atoms with van der Waals surface area (Å²) in [6.45, 7) is 2.09. The maximum Gasteiger partial charge on any atom is 0.154 e. The van der Waals surface area contributed by atoms with E-state index >= 15 is 0 Å². The molecule has 0 radical (unpaired) electrons. The summed E-state index contributed by atoms with van der Waals surface area (Å²) >= 11 is 3.50. The van der Waals surface area contributed by atoms with E-state index in [9.17, 15) is 0 Å². The van der Waals surface area contributed by atoms with Gasteiger partial charge in [0.15, 0.2) is 5.76 Å². The van der Waals surface area contributed by atoms with Crippen LogP contribution in [0.25, 0.3) is 11.3 Å². The van der Waals surface area contributed by atoms with Gasteiger partial charge in [-0.15, -0.1) is 0 Å². The number of methoxy groups -OCH3 is 1. The van der Waals surface area contributed by atoms with Crippen molar-refractivity contribution in [1.82, 2.24) is 5.16 Å². The molecule has 0 aliphatic heterocycles. The van der Waals surface area contributed by atoms with E-state index in [1.807, 2.05) is 24.3 Å². The second-order valence-electron chi connectivity index (χ2n) is 4.36. The number of nitrogens with two attached hydrogens (primary N) is 1. The van der Waals surface area contributed by atoms with Crippen LogP contribution in [0.1, 0.15) is 31.6 Å². The second kappa shape index (κ2) is 6.21. The Morgan fingerprint density at radius 2 is 2.21 bits per heavy atom. The average Bonchev–Trinajstić information content (AvgIpc) is 2.89. The molecule has 4 nitrogen and oxygen atoms in total. The molecule has 0 amide bonds. The van der Waals surface area contributed by atoms with Crippen molar-refractivity contribution in [3.05, 3.63) is 34.5 Å². The van der Waals surface area contributed by atoms with E-state index in [-0.39, 0.29) is 6.04 Å². The van der Waals surface area contributed by atoms with Gasteiger partial charge in [-0.3, -0.25) is 0 Å². The average molecular weight is 325 g/mol. The zero-order chi connectivity index (χ0) is 13.8. The highest BCUT2D eigenvalue weighted by Gasteiger charge is 2.15. The lowest BCUT2D eigenvalue weighted by atomic mass is 10.1. The first-order valence-corrected chi connectivity index (χ1v) is 7.01. The van der Waals surface area contributed by atoms with Gasteiger partial charge in [-0.2, -0.15) is 0 Å². The summed E-state index contributed by atoms with van der Waals surface area (Å²) in [5.74, 6) is 1.49. The fourth-order valence-electron chi connectivity index (χ4n) is 1.87. The summed E-state index contributed by atoms with van der Waals surface area (Å²) in [6.07, 6.45) is 1.90. The monoisotopic (exact) mass is 324 g/mol. The minimum absolute atomic E-state index is 0.101. The second-order valence-corrected chi connectivity index (χ2v) is 5.21. The van der Waals surface area contributed by atoms with Crippen molar-refractivity contribution >= 4 is 15.9 Å². The van der Waals surface area contributed by atoms with Gasteiger partial charge in [0.05, 0.1) is 13.2 Å². The first-order chi connectivity index (χ1) is 9.15. The highest BCUT2D eigenvalue weighted by molar-refractivity contribution is 9.10. The van der Waals surface area contributed by atoms with Gasteiger partial charge in [-0.1, -0.05) is 34.4 Å². The van der Waals surface area contributed by atoms with Gasteiger partial charge in [0.25, 0.3) is 0 Å². The smallest absolute Gasteiger partial charge is 0.154 e. The summed E-state index contributed by atoms with van der Waals surface area (Å²) in [4.78, 5) is 0. The molecule has 5 heteroatoms. The van der Waals surface area contributed by atoms with E-state index < -0.39 is 0 Å². The summed E-state index contributed by atoms with van der Waals surface area (Å²) < 4.78 is 11.5. The molecule has 1 atom stereocenters. The first-order valence-electron chi connectivity index (χ1n) is 6.21. The zero-order valence-electron chi connectivity index (χ0n) is 11.0. The molecule has 19 heavy (non-hydrogen) atoms. The molecule has 1 unspecified atom stereocenters. The molecule has 102 valence electrons. The molecule has 1 aromatic carbocycles. The Hall–Kier alpha value is -1.33. The summed E-state index contributed by atoms with van der Waals surface area (Å²) in [6, 6.07) is 7.51. The minimum Gasteiger partial charge on any atom is -0.497 e. The molecule has 1 aromatic heterocycles. The third kappa shape index (κ3) is 3.16. The predicted octanol–water partition coefficient (Wildman–Crippen LogP) is 3.91. The number of rotatable bonds is 5. The lowest BCUT2D eigenvalue weighted by Gasteiger charge is -2.04. The third-order valence-corrected chi connectivity index (χ3v) is 3.63. The number of halogens is 1. The van der Waals surface area contributed by atoms with Crippen LogP contribution in [0.4, 0.5) is 0 Å². The van der Waals surface area contributed by atoms with E-state index in [0.717, 1.165) is 34.3 Å². The fourth-order valence-corrected chi connectivity index (χ4v) is 2.32. The third-order valence-electron chi connectivity index (χ3n) is 2.94. The standard InChI is InChI=1S/C14H17BrN2O2/c1-3-4-12(16)14-8-13(17-19-14)10-7-9(18-2)5-6-11(10)15/h5-8,12H,3-4,16H2,1-2H3. The van der Waals surface area contributed by atoms with Crippen LogP contribution in [-0.2, 0) is 0 Å². The van der Waals surface area contributed by atoms with Crippen LogP contribution in [0.2, 0.25) is 0 Å². The molecule has 0 bridgehead atoms. The van der Waals surface area contributed by atoms with E-state index in [1.165, 1.54) is 0 Å². The normalized spacial score (nSPS) is 12.4. The van der Waals surface area contributed by atoms with Gasteiger partial charge in [0, 0.05) is 16.1 Å². The Labute approximate surface area is 121 Å². The van der Waals surface area contributed by atoms with Crippen molar-refractivity contribution in [3.8, 4) is 17.0 Å². The number of hydrogen-bond donors (Lipinski definition) is 1. The molecule has 0 saturated heterocycles. The summed E-state index contributed by atoms with van der Waals surface area (Å²) in [5.41, 5.74) is 7.71. The Kier molecular flexibility index (Phi) is 4.61. The molecule has 0 fully saturated rings. The van der Waals surface area contributed by atoms with Crippen LogP contribution in [0.5, 0.6) is 5.75 Å². The first kappa shape index (κ1) is 14.1. The van der Waals surface area contributed by atoms with E-state index in [2.05, 4.69) is 28.0 Å². The van der Waals surface area contributed by atoms with Crippen molar-refractivity contribution in [3.63, 3.8) is 0 Å². The van der Waals surface area contributed by atoms with Crippen molar-refractivity contribution in [2.75, 3.05) is 7.11 Å². The van der Waals surface area contributed by atoms with Gasteiger partial charge in [0.1, 0.15) is 11.4 Å². The number of benzene rings is 1. The number of nitrogens with zero attached hydrogens (tertiary/aromatic N) is 1. The highest BCUT2D eigenvalue weighted by atomic mass is 79.9. The number of ether oxygens (including phenoxy) is 1. The SMILES string of the molecule is CCCC(N)c1cc(-c2cc(OC)ccc2Br)no1. The van der Waals surface area contributed by atoms with Crippen LogP contribution >= 0.6 is 15.9 Å². The van der Waals surface area contributed by atoms with Gasteiger partial charge in [0.2, 0.25) is 0 Å². The van der Waals surface area contributed by atoms with Crippen molar-refractivity contribution in [2.24, 2.45) is 5.73 Å². The fraction of sp³-hybridized carbons (Fsp3) is 0.357. The Morgan fingerprint density at radius 3 is 2.89 bits per heavy atom. The molecule has 0 spiro atoms. The van der Waals surface area contributed by atoms with Gasteiger partial charge in [-0.25, -0.2) is 0 Å². The maximum absolute atomic E-state index is 6.02. The molecule has 0 saturated carbocycles. The Balaban J connectivity index is 2.32. The van der Waals surface area contributed by atoms with Crippen molar-refractivity contribution in [1.29, 1.82) is 0 Å². The lowest BCUT2D eigenvalue weighted by molar-refractivity contribution is 0.356. The Bertz CT molecular complexity index is 554. The van der Waals surface area contributed by atoms with Crippen molar-refractivity contribution < 1.29 is 9.26 Å². The minimum atomic E-state index is -0.101. The van der Waals surface area contributed by atoms with Crippen molar-refractivity contribution in [2.45, 2.75) is 25.8 Å². The largest absolute Gasteiger partial charge is 0.497 e. The van der Waals surface area contributed by atoms with Gasteiger partial charge >= 0.3 is 0 Å². The molecule has 0 aliphatic rings. The maximum atomic E-state index is 6.02. The molecule has 2 aromatic rings. The highest BCUT2D eigenvalue weighted by Crippen LogP contribution is 2.32. The molecular weight excluding hydrogens is 308 g/mol. The quantitative estimate of drug-likeness (QED) is 0.905. The predicted molar refractivity (Wildman–Crippen MR) is 78.0 cm³/mol. The van der Waals surface area contributed by atoms with Crippen LogP contribution in [0, 0.1) is 0 Å². The van der Waals surface area contributed by atoms with Gasteiger partial charge < -0.3 is 15.0 Å². The number of hydrogen-bond acceptors (Lipinski definition) is 4. The van der Waals surface area contributed by atoms with E-state index in [1.54, 1.807) is 7.11 Å². The molecular formula is C14H17BrN2O2. The Morgan fingerprint density at radius 1 is 1.42 bits per heavy atom. The van der Waals surface area contributed by atoms with Crippen LogP contribution < -0.4 is 10.5 Å². The zero-order valence-corrected chi connectivity index (χ0v) is 12.6. The van der Waals surface area contributed by atoms with Gasteiger partial charge in [-0.05, 0) is 24.6 Å².